The standard InChI is InChI=1S/C25H33FN4O2/c1-18-15-23(19(2)30(18)10-9-20-3-5-21(26)6-4-20)24(31)16-28-11-13-29(14-12-28)17-25(32)27-22-7-8-22/h3-6,15,22H,7-14,16-17H2,1-2H3,(H,27,32). The number of piperazine rings is 1. The summed E-state index contributed by atoms with van der Waals surface area (Å²) in [6, 6.07) is 8.98. The number of halogens is 1. The Morgan fingerprint density at radius 1 is 1.00 bits per heavy atom. The average Bonchev–Trinajstić information content (AvgIpc) is 3.53. The molecule has 1 aliphatic heterocycles. The lowest BCUT2D eigenvalue weighted by Gasteiger charge is -2.33. The summed E-state index contributed by atoms with van der Waals surface area (Å²) in [5.41, 5.74) is 3.92. The van der Waals surface area contributed by atoms with E-state index in [1.54, 1.807) is 0 Å². The molecule has 1 saturated carbocycles. The van der Waals surface area contributed by atoms with E-state index in [1.807, 2.05) is 32.0 Å². The van der Waals surface area contributed by atoms with Crippen LogP contribution in [0.3, 0.4) is 0 Å². The summed E-state index contributed by atoms with van der Waals surface area (Å²) < 4.78 is 15.3. The molecule has 2 fully saturated rings. The summed E-state index contributed by atoms with van der Waals surface area (Å²) >= 11 is 0. The van der Waals surface area contributed by atoms with Crippen LogP contribution in [0.2, 0.25) is 0 Å². The molecular formula is C25H33FN4O2. The second-order valence-corrected chi connectivity index (χ2v) is 9.13. The first-order valence-corrected chi connectivity index (χ1v) is 11.6. The van der Waals surface area contributed by atoms with Crippen molar-refractivity contribution in [2.24, 2.45) is 0 Å². The zero-order chi connectivity index (χ0) is 22.7. The minimum absolute atomic E-state index is 0.116. The number of nitrogens with one attached hydrogen (secondary N) is 1. The van der Waals surface area contributed by atoms with Crippen LogP contribution in [0.1, 0.15) is 40.2 Å². The van der Waals surface area contributed by atoms with Gasteiger partial charge in [-0.15, -0.1) is 0 Å². The normalized spacial score (nSPS) is 17.5. The number of hydrogen-bond donors (Lipinski definition) is 1. The number of nitrogens with zero attached hydrogens (tertiary/aromatic N) is 3. The van der Waals surface area contributed by atoms with Gasteiger partial charge < -0.3 is 9.88 Å². The first-order valence-electron chi connectivity index (χ1n) is 11.6. The second kappa shape index (κ2) is 9.96. The number of ketones is 1. The molecule has 2 aliphatic rings. The Labute approximate surface area is 189 Å². The average molecular weight is 441 g/mol. The van der Waals surface area contributed by atoms with Gasteiger partial charge in [0.2, 0.25) is 5.91 Å². The molecule has 1 aromatic carbocycles. The topological polar surface area (TPSA) is 57.6 Å². The highest BCUT2D eigenvalue weighted by molar-refractivity contribution is 5.99. The fourth-order valence-corrected chi connectivity index (χ4v) is 4.42. The number of aryl methyl sites for hydroxylation is 2. The van der Waals surface area contributed by atoms with Crippen molar-refractivity contribution >= 4 is 11.7 Å². The van der Waals surface area contributed by atoms with Crippen molar-refractivity contribution in [1.29, 1.82) is 0 Å². The van der Waals surface area contributed by atoms with Gasteiger partial charge in [0.05, 0.1) is 13.1 Å². The van der Waals surface area contributed by atoms with Crippen molar-refractivity contribution in [3.05, 3.63) is 58.7 Å². The Morgan fingerprint density at radius 2 is 1.62 bits per heavy atom. The van der Waals surface area contributed by atoms with Gasteiger partial charge in [-0.3, -0.25) is 19.4 Å². The lowest BCUT2D eigenvalue weighted by atomic mass is 10.1. The highest BCUT2D eigenvalue weighted by Crippen LogP contribution is 2.19. The van der Waals surface area contributed by atoms with Gasteiger partial charge in [0.15, 0.2) is 5.78 Å². The predicted molar refractivity (Wildman–Crippen MR) is 122 cm³/mol. The largest absolute Gasteiger partial charge is 0.352 e. The van der Waals surface area contributed by atoms with Crippen LogP contribution >= 0.6 is 0 Å². The third-order valence-corrected chi connectivity index (χ3v) is 6.55. The quantitative estimate of drug-likeness (QED) is 0.609. The van der Waals surface area contributed by atoms with Crippen LogP contribution in [0.5, 0.6) is 0 Å². The highest BCUT2D eigenvalue weighted by atomic mass is 19.1. The molecule has 1 aromatic heterocycles. The van der Waals surface area contributed by atoms with Gasteiger partial charge in [0.1, 0.15) is 5.82 Å². The van der Waals surface area contributed by atoms with Gasteiger partial charge in [-0.25, -0.2) is 4.39 Å². The summed E-state index contributed by atoms with van der Waals surface area (Å²) in [7, 11) is 0. The molecule has 1 aliphatic carbocycles. The second-order valence-electron chi connectivity index (χ2n) is 9.13. The fraction of sp³-hybridized carbons (Fsp3) is 0.520. The summed E-state index contributed by atoms with van der Waals surface area (Å²) in [6.45, 7) is 8.86. The van der Waals surface area contributed by atoms with Crippen LogP contribution in [-0.2, 0) is 17.8 Å². The number of hydrogen-bond acceptors (Lipinski definition) is 4. The number of Topliss-reactive ketones (excluding diaryl/α,β-unsaturated/α-hetero) is 1. The molecule has 6 nitrogen and oxygen atoms in total. The minimum Gasteiger partial charge on any atom is -0.352 e. The maximum Gasteiger partial charge on any atom is 0.234 e. The van der Waals surface area contributed by atoms with E-state index in [0.29, 0.717) is 19.1 Å². The van der Waals surface area contributed by atoms with E-state index in [1.165, 1.54) is 12.1 Å². The molecule has 0 bridgehead atoms. The molecule has 1 N–H and O–H groups in total. The van der Waals surface area contributed by atoms with E-state index in [4.69, 9.17) is 0 Å². The van der Waals surface area contributed by atoms with Crippen molar-refractivity contribution in [2.45, 2.75) is 45.7 Å². The van der Waals surface area contributed by atoms with Crippen molar-refractivity contribution in [1.82, 2.24) is 19.7 Å². The zero-order valence-corrected chi connectivity index (χ0v) is 19.1. The number of amides is 1. The maximum atomic E-state index is 13.1. The van der Waals surface area contributed by atoms with Crippen LogP contribution < -0.4 is 5.32 Å². The van der Waals surface area contributed by atoms with Crippen molar-refractivity contribution in [3.8, 4) is 0 Å². The molecule has 2 heterocycles. The van der Waals surface area contributed by atoms with E-state index in [0.717, 1.165) is 74.5 Å². The Morgan fingerprint density at radius 3 is 2.25 bits per heavy atom. The SMILES string of the molecule is Cc1cc(C(=O)CN2CCN(CC(=O)NC3CC3)CC2)c(C)n1CCc1ccc(F)cc1. The first-order chi connectivity index (χ1) is 15.4. The molecule has 0 unspecified atom stereocenters. The van der Waals surface area contributed by atoms with Crippen molar-refractivity contribution < 1.29 is 14.0 Å². The molecule has 0 atom stereocenters. The Hall–Kier alpha value is -2.51. The molecule has 172 valence electrons. The number of rotatable bonds is 9. The Kier molecular flexibility index (Phi) is 7.06. The van der Waals surface area contributed by atoms with Gasteiger partial charge in [0.25, 0.3) is 0 Å². The van der Waals surface area contributed by atoms with E-state index in [-0.39, 0.29) is 17.5 Å². The van der Waals surface area contributed by atoms with Crippen molar-refractivity contribution in [3.63, 3.8) is 0 Å². The molecular weight excluding hydrogens is 407 g/mol. The smallest absolute Gasteiger partial charge is 0.234 e. The molecule has 1 amide bonds. The maximum absolute atomic E-state index is 13.1. The molecule has 7 heteroatoms. The summed E-state index contributed by atoms with van der Waals surface area (Å²) in [5, 5.41) is 3.04. The van der Waals surface area contributed by atoms with Gasteiger partial charge in [0, 0.05) is 55.7 Å². The zero-order valence-electron chi connectivity index (χ0n) is 19.1. The molecule has 0 spiro atoms. The third-order valence-electron chi connectivity index (χ3n) is 6.55. The predicted octanol–water partition coefficient (Wildman–Crippen LogP) is 2.57. The molecule has 2 aromatic rings. The van der Waals surface area contributed by atoms with E-state index >= 15 is 0 Å². The van der Waals surface area contributed by atoms with Gasteiger partial charge in [-0.2, -0.15) is 0 Å². The highest BCUT2D eigenvalue weighted by Gasteiger charge is 2.26. The molecule has 32 heavy (non-hydrogen) atoms. The number of aromatic nitrogens is 1. The third kappa shape index (κ3) is 5.84. The van der Waals surface area contributed by atoms with Gasteiger partial charge in [-0.05, 0) is 56.9 Å². The van der Waals surface area contributed by atoms with Gasteiger partial charge in [-0.1, -0.05) is 12.1 Å². The monoisotopic (exact) mass is 440 g/mol. The summed E-state index contributed by atoms with van der Waals surface area (Å²) in [4.78, 5) is 29.4. The van der Waals surface area contributed by atoms with Crippen LogP contribution in [0.4, 0.5) is 4.39 Å². The lowest BCUT2D eigenvalue weighted by molar-refractivity contribution is -0.122. The fourth-order valence-electron chi connectivity index (χ4n) is 4.42. The molecule has 1 saturated heterocycles. The van der Waals surface area contributed by atoms with Crippen LogP contribution in [0.15, 0.2) is 30.3 Å². The Balaban J connectivity index is 1.27. The van der Waals surface area contributed by atoms with Gasteiger partial charge >= 0.3 is 0 Å². The number of carbonyl (C=O) groups is 2. The lowest BCUT2D eigenvalue weighted by Crippen LogP contribution is -2.50. The number of benzene rings is 1. The van der Waals surface area contributed by atoms with E-state index < -0.39 is 0 Å². The van der Waals surface area contributed by atoms with Crippen LogP contribution in [-0.4, -0.2) is 71.4 Å². The van der Waals surface area contributed by atoms with Crippen LogP contribution in [0.25, 0.3) is 0 Å². The van der Waals surface area contributed by atoms with Crippen molar-refractivity contribution in [2.75, 3.05) is 39.3 Å². The Bertz CT molecular complexity index is 957. The minimum atomic E-state index is -0.225. The van der Waals surface area contributed by atoms with Crippen LogP contribution in [0, 0.1) is 19.7 Å². The molecule has 0 radical (unpaired) electrons. The number of carbonyl (C=O) groups excluding carboxylic acids is 2. The molecule has 4 rings (SSSR count). The van der Waals surface area contributed by atoms with E-state index in [9.17, 15) is 14.0 Å². The van der Waals surface area contributed by atoms with E-state index in [2.05, 4.69) is 19.7 Å². The summed E-state index contributed by atoms with van der Waals surface area (Å²) in [6.07, 6.45) is 3.00. The first kappa shape index (κ1) is 22.7. The summed E-state index contributed by atoms with van der Waals surface area (Å²) in [5.74, 6) is 0.0356.